The normalized spacial score (nSPS) is 17.4. The van der Waals surface area contributed by atoms with Crippen LogP contribution in [-0.2, 0) is 4.79 Å². The van der Waals surface area contributed by atoms with Crippen molar-refractivity contribution in [3.05, 3.63) is 90.0 Å². The molecule has 32 heavy (non-hydrogen) atoms. The maximum Gasteiger partial charge on any atom is 0.573 e. The summed E-state index contributed by atoms with van der Waals surface area (Å²) in [4.78, 5) is 14.6. The zero-order valence-corrected chi connectivity index (χ0v) is 17.8. The number of alkyl halides is 4. The van der Waals surface area contributed by atoms with Crippen LogP contribution in [0.25, 0.3) is 11.1 Å². The maximum atomic E-state index is 12.7. The molecule has 1 saturated heterocycles. The Kier molecular flexibility index (Phi) is 6.42. The largest absolute Gasteiger partial charge is 0.573 e. The van der Waals surface area contributed by atoms with Crippen LogP contribution in [0.4, 0.5) is 13.2 Å². The highest BCUT2D eigenvalue weighted by molar-refractivity contribution is 6.18. The summed E-state index contributed by atoms with van der Waals surface area (Å²) in [6.07, 6.45) is -3.54. The fourth-order valence-corrected chi connectivity index (χ4v) is 4.49. The molecule has 1 heterocycles. The molecular weight excluding hydrogens is 439 g/mol. The van der Waals surface area contributed by atoms with Crippen molar-refractivity contribution in [1.82, 2.24) is 4.90 Å². The van der Waals surface area contributed by atoms with Crippen LogP contribution >= 0.6 is 11.6 Å². The molecule has 3 nitrogen and oxygen atoms in total. The molecule has 0 saturated carbocycles. The van der Waals surface area contributed by atoms with Crippen molar-refractivity contribution in [2.24, 2.45) is 0 Å². The number of likely N-dealkylation sites (tertiary alicyclic amines) is 1. The van der Waals surface area contributed by atoms with E-state index in [9.17, 15) is 18.0 Å². The standard InChI is InChI=1S/C25H21ClF3NO2/c26-16-23(19-4-2-1-3-5-19)30-22(14-15-24(30)31)20-8-6-17(7-9-20)18-10-12-21(13-11-18)32-25(27,28)29/h1-13,22-23H,14-16H2/t22-,23-/m1/s1. The Labute approximate surface area is 189 Å². The first-order valence-electron chi connectivity index (χ1n) is 10.2. The van der Waals surface area contributed by atoms with Crippen molar-refractivity contribution in [2.75, 3.05) is 5.88 Å². The molecular formula is C25H21ClF3NO2. The predicted octanol–water partition coefficient (Wildman–Crippen LogP) is 6.90. The highest BCUT2D eigenvalue weighted by Crippen LogP contribution is 2.40. The van der Waals surface area contributed by atoms with Crippen LogP contribution in [0.15, 0.2) is 78.9 Å². The second-order valence-electron chi connectivity index (χ2n) is 7.63. The first-order valence-corrected chi connectivity index (χ1v) is 10.8. The van der Waals surface area contributed by atoms with Crippen molar-refractivity contribution >= 4 is 17.5 Å². The molecule has 0 spiro atoms. The molecule has 0 aliphatic carbocycles. The zero-order valence-electron chi connectivity index (χ0n) is 17.1. The number of hydrogen-bond donors (Lipinski definition) is 0. The van der Waals surface area contributed by atoms with Crippen molar-refractivity contribution in [3.8, 4) is 16.9 Å². The molecule has 0 bridgehead atoms. The summed E-state index contributed by atoms with van der Waals surface area (Å²) in [6.45, 7) is 0. The molecule has 0 unspecified atom stereocenters. The van der Waals surface area contributed by atoms with Gasteiger partial charge in [0, 0.05) is 12.3 Å². The van der Waals surface area contributed by atoms with Crippen LogP contribution in [0.2, 0.25) is 0 Å². The smallest absolute Gasteiger partial charge is 0.406 e. The maximum absolute atomic E-state index is 12.7. The fourth-order valence-electron chi connectivity index (χ4n) is 4.17. The van der Waals surface area contributed by atoms with Gasteiger partial charge in [-0.2, -0.15) is 0 Å². The minimum atomic E-state index is -4.71. The lowest BCUT2D eigenvalue weighted by molar-refractivity contribution is -0.274. The molecule has 1 aliphatic heterocycles. The summed E-state index contributed by atoms with van der Waals surface area (Å²) in [6, 6.07) is 23.0. The van der Waals surface area contributed by atoms with E-state index in [4.69, 9.17) is 11.6 Å². The lowest BCUT2D eigenvalue weighted by Crippen LogP contribution is -2.33. The average Bonchev–Trinajstić information content (AvgIpc) is 3.16. The van der Waals surface area contributed by atoms with Gasteiger partial charge in [-0.3, -0.25) is 4.79 Å². The summed E-state index contributed by atoms with van der Waals surface area (Å²) in [5, 5.41) is 0. The van der Waals surface area contributed by atoms with Crippen LogP contribution < -0.4 is 4.74 Å². The Morgan fingerprint density at radius 3 is 2.09 bits per heavy atom. The van der Waals surface area contributed by atoms with E-state index in [1.807, 2.05) is 59.5 Å². The summed E-state index contributed by atoms with van der Waals surface area (Å²) < 4.78 is 41.0. The molecule has 1 amide bonds. The Morgan fingerprint density at radius 1 is 0.938 bits per heavy atom. The SMILES string of the molecule is O=C1CC[C@H](c2ccc(-c3ccc(OC(F)(F)F)cc3)cc2)N1[C@H](CCl)c1ccccc1. The van der Waals surface area contributed by atoms with Gasteiger partial charge in [-0.15, -0.1) is 24.8 Å². The fraction of sp³-hybridized carbons (Fsp3) is 0.240. The van der Waals surface area contributed by atoms with Gasteiger partial charge in [0.1, 0.15) is 5.75 Å². The number of ether oxygens (including phenoxy) is 1. The van der Waals surface area contributed by atoms with Crippen molar-refractivity contribution < 1.29 is 22.7 Å². The van der Waals surface area contributed by atoms with Crippen LogP contribution in [0.1, 0.15) is 36.1 Å². The highest BCUT2D eigenvalue weighted by Gasteiger charge is 2.37. The lowest BCUT2D eigenvalue weighted by atomic mass is 9.98. The highest BCUT2D eigenvalue weighted by atomic mass is 35.5. The van der Waals surface area contributed by atoms with E-state index < -0.39 is 6.36 Å². The molecule has 0 N–H and O–H groups in total. The lowest BCUT2D eigenvalue weighted by Gasteiger charge is -2.33. The second kappa shape index (κ2) is 9.25. The minimum Gasteiger partial charge on any atom is -0.406 e. The van der Waals surface area contributed by atoms with Gasteiger partial charge in [0.25, 0.3) is 0 Å². The van der Waals surface area contributed by atoms with Crippen LogP contribution in [0, 0.1) is 0 Å². The summed E-state index contributed by atoms with van der Waals surface area (Å²) in [5.41, 5.74) is 3.64. The van der Waals surface area contributed by atoms with Gasteiger partial charge in [0.15, 0.2) is 0 Å². The van der Waals surface area contributed by atoms with Gasteiger partial charge in [-0.05, 0) is 40.8 Å². The minimum absolute atomic E-state index is 0.0776. The molecule has 0 aromatic heterocycles. The van der Waals surface area contributed by atoms with E-state index in [-0.39, 0.29) is 23.7 Å². The molecule has 1 fully saturated rings. The number of nitrogens with zero attached hydrogens (tertiary/aromatic N) is 1. The third kappa shape index (κ3) is 4.91. The Morgan fingerprint density at radius 2 is 1.53 bits per heavy atom. The third-order valence-electron chi connectivity index (χ3n) is 5.64. The van der Waals surface area contributed by atoms with E-state index in [0.717, 1.165) is 22.3 Å². The predicted molar refractivity (Wildman–Crippen MR) is 117 cm³/mol. The van der Waals surface area contributed by atoms with Crippen LogP contribution in [0.5, 0.6) is 5.75 Å². The van der Waals surface area contributed by atoms with Gasteiger partial charge >= 0.3 is 6.36 Å². The van der Waals surface area contributed by atoms with E-state index in [1.54, 1.807) is 12.1 Å². The molecule has 4 rings (SSSR count). The topological polar surface area (TPSA) is 29.5 Å². The van der Waals surface area contributed by atoms with E-state index >= 15 is 0 Å². The molecule has 1 aliphatic rings. The van der Waals surface area contributed by atoms with Crippen LogP contribution in [0.3, 0.4) is 0 Å². The third-order valence-corrected chi connectivity index (χ3v) is 5.93. The zero-order chi connectivity index (χ0) is 22.7. The summed E-state index contributed by atoms with van der Waals surface area (Å²) in [7, 11) is 0. The quantitative estimate of drug-likeness (QED) is 0.375. The van der Waals surface area contributed by atoms with E-state index in [1.165, 1.54) is 12.1 Å². The number of hydrogen-bond acceptors (Lipinski definition) is 2. The Hall–Kier alpha value is -2.99. The number of benzene rings is 3. The average molecular weight is 460 g/mol. The van der Waals surface area contributed by atoms with Gasteiger partial charge < -0.3 is 9.64 Å². The Balaban J connectivity index is 1.54. The van der Waals surface area contributed by atoms with Crippen molar-refractivity contribution in [2.45, 2.75) is 31.3 Å². The summed E-state index contributed by atoms with van der Waals surface area (Å²) >= 11 is 6.28. The number of carbonyl (C=O) groups is 1. The number of carbonyl (C=O) groups excluding carboxylic acids is 1. The van der Waals surface area contributed by atoms with Crippen LogP contribution in [-0.4, -0.2) is 23.0 Å². The van der Waals surface area contributed by atoms with E-state index in [2.05, 4.69) is 4.74 Å². The molecule has 3 aromatic carbocycles. The molecule has 3 aromatic rings. The van der Waals surface area contributed by atoms with Gasteiger partial charge in [0.05, 0.1) is 12.1 Å². The number of halogens is 4. The second-order valence-corrected chi connectivity index (χ2v) is 7.94. The first kappa shape index (κ1) is 22.2. The Bertz CT molecular complexity index is 1050. The van der Waals surface area contributed by atoms with Crippen molar-refractivity contribution in [1.29, 1.82) is 0 Å². The summed E-state index contributed by atoms with van der Waals surface area (Å²) in [5.74, 6) is 0.122. The molecule has 0 radical (unpaired) electrons. The number of amides is 1. The monoisotopic (exact) mass is 459 g/mol. The number of rotatable bonds is 6. The van der Waals surface area contributed by atoms with Gasteiger partial charge in [-0.25, -0.2) is 0 Å². The van der Waals surface area contributed by atoms with E-state index in [0.29, 0.717) is 18.7 Å². The van der Waals surface area contributed by atoms with Gasteiger partial charge in [-0.1, -0.05) is 66.7 Å². The molecule has 166 valence electrons. The van der Waals surface area contributed by atoms with Gasteiger partial charge in [0.2, 0.25) is 5.91 Å². The first-order chi connectivity index (χ1) is 15.4. The van der Waals surface area contributed by atoms with Crippen molar-refractivity contribution in [3.63, 3.8) is 0 Å². The molecule has 2 atom stereocenters. The molecule has 7 heteroatoms.